The Morgan fingerprint density at radius 2 is 1.57 bits per heavy atom. The van der Waals surface area contributed by atoms with Gasteiger partial charge in [0.1, 0.15) is 0 Å². The van der Waals surface area contributed by atoms with Crippen LogP contribution in [0, 0.1) is 10.1 Å². The maximum atomic E-state index is 13.2. The molecule has 0 unspecified atom stereocenters. The van der Waals surface area contributed by atoms with Crippen LogP contribution in [0.5, 0.6) is 0 Å². The van der Waals surface area contributed by atoms with Crippen molar-refractivity contribution in [2.75, 3.05) is 20.1 Å². The minimum Gasteiger partial charge on any atom is -0.337 e. The van der Waals surface area contributed by atoms with Crippen molar-refractivity contribution in [1.29, 1.82) is 0 Å². The van der Waals surface area contributed by atoms with Gasteiger partial charge in [0.25, 0.3) is 11.6 Å². The molecule has 188 valence electrons. The Hall–Kier alpha value is -4.03. The fourth-order valence-corrected chi connectivity index (χ4v) is 5.14. The minimum atomic E-state index is -0.411. The van der Waals surface area contributed by atoms with Gasteiger partial charge in [-0.2, -0.15) is 0 Å². The van der Waals surface area contributed by atoms with Crippen molar-refractivity contribution in [2.24, 2.45) is 0 Å². The van der Waals surface area contributed by atoms with Crippen molar-refractivity contribution < 1.29 is 9.72 Å². The molecule has 0 aliphatic carbocycles. The lowest BCUT2D eigenvalue weighted by Gasteiger charge is -2.26. The van der Waals surface area contributed by atoms with Gasteiger partial charge in [-0.25, -0.2) is 0 Å². The average molecular weight is 494 g/mol. The second-order valence-corrected chi connectivity index (χ2v) is 9.85. The van der Waals surface area contributed by atoms with Crippen LogP contribution in [0.25, 0.3) is 21.9 Å². The number of non-ortho nitro benzene ring substituents is 1. The lowest BCUT2D eigenvalue weighted by atomic mass is 10.0. The smallest absolute Gasteiger partial charge is 0.269 e. The third kappa shape index (κ3) is 5.70. The van der Waals surface area contributed by atoms with Crippen LogP contribution in [-0.4, -0.2) is 40.8 Å². The summed E-state index contributed by atoms with van der Waals surface area (Å²) in [6, 6.07) is 26.8. The van der Waals surface area contributed by atoms with Crippen LogP contribution in [0.2, 0.25) is 0 Å². The van der Waals surface area contributed by atoms with E-state index in [-0.39, 0.29) is 11.6 Å². The standard InChI is InChI=1S/C31H31N3O3/c1-32(31(35)26-11-9-24(10-12-26)25-13-15-29(16-14-25)34(36)37)22-28-7-5-6-27-20-23(8-17-30(27)28)21-33-18-3-2-4-19-33/h5-17,20H,2-4,18-19,21-22H2,1H3. The predicted molar refractivity (Wildman–Crippen MR) is 147 cm³/mol. The number of rotatable bonds is 7. The molecule has 37 heavy (non-hydrogen) atoms. The molecule has 0 atom stereocenters. The summed E-state index contributed by atoms with van der Waals surface area (Å²) in [4.78, 5) is 27.9. The van der Waals surface area contributed by atoms with Gasteiger partial charge in [-0.1, -0.05) is 48.9 Å². The van der Waals surface area contributed by atoms with Crippen molar-refractivity contribution in [3.8, 4) is 11.1 Å². The molecule has 1 amide bonds. The molecule has 0 bridgehead atoms. The molecule has 1 heterocycles. The Labute approximate surface area is 217 Å². The van der Waals surface area contributed by atoms with Crippen LogP contribution >= 0.6 is 0 Å². The van der Waals surface area contributed by atoms with Crippen molar-refractivity contribution in [3.63, 3.8) is 0 Å². The van der Waals surface area contributed by atoms with Gasteiger partial charge in [-0.3, -0.25) is 19.8 Å². The van der Waals surface area contributed by atoms with Crippen LogP contribution in [0.3, 0.4) is 0 Å². The van der Waals surface area contributed by atoms with Crippen LogP contribution < -0.4 is 0 Å². The molecule has 6 nitrogen and oxygen atoms in total. The number of nitro groups is 1. The van der Waals surface area contributed by atoms with E-state index < -0.39 is 4.92 Å². The van der Waals surface area contributed by atoms with Crippen LogP contribution in [0.4, 0.5) is 5.69 Å². The van der Waals surface area contributed by atoms with E-state index in [1.165, 1.54) is 60.8 Å². The van der Waals surface area contributed by atoms with Crippen molar-refractivity contribution in [3.05, 3.63) is 112 Å². The third-order valence-electron chi connectivity index (χ3n) is 7.19. The summed E-state index contributed by atoms with van der Waals surface area (Å²) in [6.45, 7) is 3.87. The van der Waals surface area contributed by atoms with Crippen LogP contribution in [-0.2, 0) is 13.1 Å². The second-order valence-electron chi connectivity index (χ2n) is 9.85. The van der Waals surface area contributed by atoms with E-state index in [0.717, 1.165) is 23.2 Å². The molecule has 4 aromatic carbocycles. The highest BCUT2D eigenvalue weighted by Gasteiger charge is 2.15. The summed E-state index contributed by atoms with van der Waals surface area (Å²) in [6.07, 6.45) is 3.92. The summed E-state index contributed by atoms with van der Waals surface area (Å²) in [5.41, 5.74) is 4.90. The fraction of sp³-hybridized carbons (Fsp3) is 0.258. The highest BCUT2D eigenvalue weighted by atomic mass is 16.6. The summed E-state index contributed by atoms with van der Waals surface area (Å²) in [5, 5.41) is 13.3. The first-order chi connectivity index (χ1) is 18.0. The molecule has 1 saturated heterocycles. The van der Waals surface area contributed by atoms with E-state index in [0.29, 0.717) is 12.1 Å². The van der Waals surface area contributed by atoms with Crippen molar-refractivity contribution >= 4 is 22.4 Å². The van der Waals surface area contributed by atoms with E-state index in [2.05, 4.69) is 41.3 Å². The van der Waals surface area contributed by atoms with Gasteiger partial charge < -0.3 is 4.90 Å². The molecule has 4 aromatic rings. The maximum Gasteiger partial charge on any atom is 0.269 e. The quantitative estimate of drug-likeness (QED) is 0.213. The monoisotopic (exact) mass is 493 g/mol. The van der Waals surface area contributed by atoms with Gasteiger partial charge in [-0.15, -0.1) is 0 Å². The van der Waals surface area contributed by atoms with Gasteiger partial charge in [0.05, 0.1) is 4.92 Å². The molecular weight excluding hydrogens is 462 g/mol. The first-order valence-corrected chi connectivity index (χ1v) is 12.8. The first kappa shape index (κ1) is 24.7. The van der Waals surface area contributed by atoms with E-state index >= 15 is 0 Å². The molecule has 0 saturated carbocycles. The Morgan fingerprint density at radius 1 is 0.892 bits per heavy atom. The molecule has 0 radical (unpaired) electrons. The van der Waals surface area contributed by atoms with E-state index in [1.54, 1.807) is 17.0 Å². The first-order valence-electron chi connectivity index (χ1n) is 12.8. The number of benzene rings is 4. The molecule has 0 N–H and O–H groups in total. The lowest BCUT2D eigenvalue weighted by molar-refractivity contribution is -0.384. The van der Waals surface area contributed by atoms with Gasteiger partial charge >= 0.3 is 0 Å². The number of amides is 1. The normalized spacial score (nSPS) is 14.0. The van der Waals surface area contributed by atoms with Gasteiger partial charge in [0, 0.05) is 37.8 Å². The predicted octanol–water partition coefficient (Wildman–Crippen LogP) is 6.67. The summed E-state index contributed by atoms with van der Waals surface area (Å²) < 4.78 is 0. The van der Waals surface area contributed by atoms with Gasteiger partial charge in [0.2, 0.25) is 0 Å². The molecule has 6 heteroatoms. The zero-order chi connectivity index (χ0) is 25.8. The number of piperidine rings is 1. The van der Waals surface area contributed by atoms with Gasteiger partial charge in [0.15, 0.2) is 0 Å². The topological polar surface area (TPSA) is 66.7 Å². The number of nitro benzene ring substituents is 1. The number of likely N-dealkylation sites (tertiary alicyclic amines) is 1. The van der Waals surface area contributed by atoms with E-state index in [4.69, 9.17) is 0 Å². The second kappa shape index (κ2) is 10.9. The summed E-state index contributed by atoms with van der Waals surface area (Å²) in [7, 11) is 1.83. The number of hydrogen-bond donors (Lipinski definition) is 0. The molecular formula is C31H31N3O3. The molecule has 1 fully saturated rings. The third-order valence-corrected chi connectivity index (χ3v) is 7.19. The Bertz CT molecular complexity index is 1410. The number of nitrogens with zero attached hydrogens (tertiary/aromatic N) is 3. The number of hydrogen-bond acceptors (Lipinski definition) is 4. The molecule has 0 spiro atoms. The van der Waals surface area contributed by atoms with Crippen LogP contribution in [0.1, 0.15) is 40.7 Å². The van der Waals surface area contributed by atoms with E-state index in [9.17, 15) is 14.9 Å². The lowest BCUT2D eigenvalue weighted by Crippen LogP contribution is -2.29. The van der Waals surface area contributed by atoms with Crippen molar-refractivity contribution in [2.45, 2.75) is 32.4 Å². The average Bonchev–Trinajstić information content (AvgIpc) is 2.93. The highest BCUT2D eigenvalue weighted by Crippen LogP contribution is 2.25. The number of carbonyl (C=O) groups is 1. The molecule has 0 aromatic heterocycles. The van der Waals surface area contributed by atoms with E-state index in [1.807, 2.05) is 31.3 Å². The Balaban J connectivity index is 1.27. The molecule has 1 aliphatic heterocycles. The molecule has 1 aliphatic rings. The SMILES string of the molecule is CN(Cc1cccc2cc(CN3CCCCC3)ccc12)C(=O)c1ccc(-c2ccc([N+](=O)[O-])cc2)cc1. The van der Waals surface area contributed by atoms with Gasteiger partial charge in [-0.05, 0) is 89.3 Å². The van der Waals surface area contributed by atoms with Crippen LogP contribution in [0.15, 0.2) is 84.9 Å². The maximum absolute atomic E-state index is 13.2. The summed E-state index contributed by atoms with van der Waals surface area (Å²) >= 11 is 0. The fourth-order valence-electron chi connectivity index (χ4n) is 5.14. The van der Waals surface area contributed by atoms with Crippen molar-refractivity contribution in [1.82, 2.24) is 9.80 Å². The molecule has 5 rings (SSSR count). The summed E-state index contributed by atoms with van der Waals surface area (Å²) in [5.74, 6) is -0.0472. The highest BCUT2D eigenvalue weighted by molar-refractivity contribution is 5.95. The Morgan fingerprint density at radius 3 is 2.24 bits per heavy atom. The largest absolute Gasteiger partial charge is 0.337 e. The zero-order valence-electron chi connectivity index (χ0n) is 21.1. The number of carbonyl (C=O) groups excluding carboxylic acids is 1. The minimum absolute atomic E-state index is 0.0472. The Kier molecular flexibility index (Phi) is 7.28. The number of fused-ring (bicyclic) bond motifs is 1. The zero-order valence-corrected chi connectivity index (χ0v) is 21.1.